The van der Waals surface area contributed by atoms with Gasteiger partial charge in [-0.3, -0.25) is 4.79 Å². The van der Waals surface area contributed by atoms with E-state index in [1.807, 2.05) is 0 Å². The fourth-order valence-corrected chi connectivity index (χ4v) is 3.50. The third-order valence-corrected chi connectivity index (χ3v) is 5.10. The summed E-state index contributed by atoms with van der Waals surface area (Å²) < 4.78 is 0. The molecule has 20 heavy (non-hydrogen) atoms. The summed E-state index contributed by atoms with van der Waals surface area (Å²) in [5.74, 6) is 1.33. The molecule has 4 heteroatoms. The zero-order valence-corrected chi connectivity index (χ0v) is 12.8. The van der Waals surface area contributed by atoms with Gasteiger partial charge in [-0.1, -0.05) is 13.3 Å². The van der Waals surface area contributed by atoms with Gasteiger partial charge in [0.15, 0.2) is 0 Å². The lowest BCUT2D eigenvalue weighted by Crippen LogP contribution is -2.46. The molecule has 4 nitrogen and oxygen atoms in total. The van der Waals surface area contributed by atoms with Crippen molar-refractivity contribution in [3.63, 3.8) is 0 Å². The maximum absolute atomic E-state index is 12.0. The van der Waals surface area contributed by atoms with Gasteiger partial charge in [0, 0.05) is 13.0 Å². The van der Waals surface area contributed by atoms with E-state index in [0.29, 0.717) is 18.9 Å². The quantitative estimate of drug-likeness (QED) is 0.721. The van der Waals surface area contributed by atoms with Crippen molar-refractivity contribution >= 4 is 5.91 Å². The van der Waals surface area contributed by atoms with Gasteiger partial charge in [-0.05, 0) is 63.5 Å². The minimum absolute atomic E-state index is 0.102. The number of piperidine rings is 1. The number of rotatable bonds is 5. The summed E-state index contributed by atoms with van der Waals surface area (Å²) >= 11 is 0. The van der Waals surface area contributed by atoms with Gasteiger partial charge in [0.2, 0.25) is 5.91 Å². The number of nitrogens with one attached hydrogen (secondary N) is 2. The predicted molar refractivity (Wildman–Crippen MR) is 80.4 cm³/mol. The highest BCUT2D eigenvalue weighted by Gasteiger charge is 2.33. The van der Waals surface area contributed by atoms with Gasteiger partial charge >= 0.3 is 0 Å². The van der Waals surface area contributed by atoms with Gasteiger partial charge in [0.1, 0.15) is 0 Å². The number of hydrogen-bond acceptors (Lipinski definition) is 3. The maximum atomic E-state index is 12.0. The van der Waals surface area contributed by atoms with Crippen molar-refractivity contribution in [3.05, 3.63) is 0 Å². The van der Waals surface area contributed by atoms with E-state index in [-0.39, 0.29) is 5.91 Å². The van der Waals surface area contributed by atoms with Crippen molar-refractivity contribution < 1.29 is 9.90 Å². The molecule has 1 saturated carbocycles. The lowest BCUT2D eigenvalue weighted by Gasteiger charge is -2.36. The van der Waals surface area contributed by atoms with Crippen LogP contribution in [-0.4, -0.2) is 36.2 Å². The third kappa shape index (κ3) is 4.74. The Labute approximate surface area is 122 Å². The van der Waals surface area contributed by atoms with Gasteiger partial charge in [-0.2, -0.15) is 0 Å². The van der Waals surface area contributed by atoms with Gasteiger partial charge in [-0.15, -0.1) is 0 Å². The fourth-order valence-electron chi connectivity index (χ4n) is 3.50. The second-order valence-electron chi connectivity index (χ2n) is 6.77. The summed E-state index contributed by atoms with van der Waals surface area (Å²) in [5, 5.41) is 16.8. The summed E-state index contributed by atoms with van der Waals surface area (Å²) in [4.78, 5) is 12.0. The van der Waals surface area contributed by atoms with E-state index < -0.39 is 5.60 Å². The van der Waals surface area contributed by atoms with E-state index >= 15 is 0 Å². The van der Waals surface area contributed by atoms with E-state index in [1.54, 1.807) is 0 Å². The molecule has 0 radical (unpaired) electrons. The summed E-state index contributed by atoms with van der Waals surface area (Å²) in [6.07, 6.45) is 7.96. The standard InChI is InChI=1S/C16H30N2O2/c1-2-13-5-7-16(20,8-6-13)12-18-15(19)10-14-4-3-9-17-11-14/h13-14,17,20H,2-12H2,1H3,(H,18,19). The normalized spacial score (nSPS) is 34.7. The number of carbonyl (C=O) groups is 1. The Morgan fingerprint density at radius 2 is 2.05 bits per heavy atom. The van der Waals surface area contributed by atoms with E-state index in [9.17, 15) is 9.90 Å². The molecule has 0 spiro atoms. The van der Waals surface area contributed by atoms with Gasteiger partial charge in [-0.25, -0.2) is 0 Å². The van der Waals surface area contributed by atoms with Gasteiger partial charge < -0.3 is 15.7 Å². The van der Waals surface area contributed by atoms with Crippen molar-refractivity contribution in [1.82, 2.24) is 10.6 Å². The molecule has 1 aliphatic heterocycles. The molecule has 3 N–H and O–H groups in total. The third-order valence-electron chi connectivity index (χ3n) is 5.10. The second kappa shape index (κ2) is 7.41. The SMILES string of the molecule is CCC1CCC(O)(CNC(=O)CC2CCCNC2)CC1. The largest absolute Gasteiger partial charge is 0.388 e. The van der Waals surface area contributed by atoms with Crippen molar-refractivity contribution in [2.24, 2.45) is 11.8 Å². The van der Waals surface area contributed by atoms with E-state index in [0.717, 1.165) is 51.1 Å². The van der Waals surface area contributed by atoms with E-state index in [4.69, 9.17) is 0 Å². The molecule has 1 amide bonds. The Hall–Kier alpha value is -0.610. The van der Waals surface area contributed by atoms with Crippen LogP contribution in [0.25, 0.3) is 0 Å². The lowest BCUT2D eigenvalue weighted by atomic mass is 9.78. The number of hydrogen-bond donors (Lipinski definition) is 3. The Morgan fingerprint density at radius 3 is 2.65 bits per heavy atom. The summed E-state index contributed by atoms with van der Waals surface area (Å²) in [7, 11) is 0. The van der Waals surface area contributed by atoms with Crippen LogP contribution in [0.1, 0.15) is 58.3 Å². The minimum Gasteiger partial charge on any atom is -0.388 e. The first-order valence-corrected chi connectivity index (χ1v) is 8.31. The van der Waals surface area contributed by atoms with Crippen LogP contribution >= 0.6 is 0 Å². The van der Waals surface area contributed by atoms with Crippen LogP contribution in [0.5, 0.6) is 0 Å². The van der Waals surface area contributed by atoms with Crippen LogP contribution in [0.4, 0.5) is 0 Å². The second-order valence-corrected chi connectivity index (χ2v) is 6.77. The zero-order chi connectivity index (χ0) is 14.4. The molecule has 1 saturated heterocycles. The molecule has 1 atom stereocenters. The molecular formula is C16H30N2O2. The van der Waals surface area contributed by atoms with E-state index in [2.05, 4.69) is 17.6 Å². The predicted octanol–water partition coefficient (Wildman–Crippen LogP) is 1.82. The Morgan fingerprint density at radius 1 is 1.30 bits per heavy atom. The van der Waals surface area contributed by atoms with Crippen LogP contribution in [0, 0.1) is 11.8 Å². The van der Waals surface area contributed by atoms with Crippen molar-refractivity contribution in [3.8, 4) is 0 Å². The summed E-state index contributed by atoms with van der Waals surface area (Å²) in [5.41, 5.74) is -0.661. The van der Waals surface area contributed by atoms with E-state index in [1.165, 1.54) is 12.8 Å². The average molecular weight is 282 g/mol. The number of aliphatic hydroxyl groups is 1. The summed E-state index contributed by atoms with van der Waals surface area (Å²) in [6, 6.07) is 0. The van der Waals surface area contributed by atoms with Gasteiger partial charge in [0.25, 0.3) is 0 Å². The highest BCUT2D eigenvalue weighted by Crippen LogP contribution is 2.33. The molecule has 2 aliphatic rings. The molecule has 2 rings (SSSR count). The van der Waals surface area contributed by atoms with Crippen LogP contribution in [0.3, 0.4) is 0 Å². The molecule has 0 aromatic carbocycles. The van der Waals surface area contributed by atoms with Crippen molar-refractivity contribution in [2.75, 3.05) is 19.6 Å². The monoisotopic (exact) mass is 282 g/mol. The molecule has 1 unspecified atom stereocenters. The molecule has 0 aromatic heterocycles. The molecule has 0 aromatic rings. The molecule has 116 valence electrons. The smallest absolute Gasteiger partial charge is 0.220 e. The van der Waals surface area contributed by atoms with Crippen LogP contribution in [0.15, 0.2) is 0 Å². The maximum Gasteiger partial charge on any atom is 0.220 e. The number of amides is 1. The Bertz CT molecular complexity index is 306. The average Bonchev–Trinajstić information content (AvgIpc) is 2.47. The summed E-state index contributed by atoms with van der Waals surface area (Å²) in [6.45, 7) is 4.68. The molecule has 0 bridgehead atoms. The first kappa shape index (κ1) is 15.8. The molecule has 1 aliphatic carbocycles. The molecule has 2 fully saturated rings. The highest BCUT2D eigenvalue weighted by atomic mass is 16.3. The Kier molecular flexibility index (Phi) is 5.85. The minimum atomic E-state index is -0.661. The Balaban J connectivity index is 1.67. The molecule has 1 heterocycles. The topological polar surface area (TPSA) is 61.4 Å². The fraction of sp³-hybridized carbons (Fsp3) is 0.938. The lowest BCUT2D eigenvalue weighted by molar-refractivity contribution is -0.123. The van der Waals surface area contributed by atoms with Crippen LogP contribution in [0.2, 0.25) is 0 Å². The van der Waals surface area contributed by atoms with Gasteiger partial charge in [0.05, 0.1) is 5.60 Å². The highest BCUT2D eigenvalue weighted by molar-refractivity contribution is 5.76. The van der Waals surface area contributed by atoms with Crippen LogP contribution in [-0.2, 0) is 4.79 Å². The van der Waals surface area contributed by atoms with Crippen LogP contribution < -0.4 is 10.6 Å². The molecular weight excluding hydrogens is 252 g/mol. The first-order valence-electron chi connectivity index (χ1n) is 8.31. The van der Waals surface area contributed by atoms with Crippen molar-refractivity contribution in [2.45, 2.75) is 63.9 Å². The first-order chi connectivity index (χ1) is 9.61. The van der Waals surface area contributed by atoms with Crippen molar-refractivity contribution in [1.29, 1.82) is 0 Å². The zero-order valence-electron chi connectivity index (χ0n) is 12.8. The number of carbonyl (C=O) groups excluding carboxylic acids is 1.